The summed E-state index contributed by atoms with van der Waals surface area (Å²) in [5.74, 6) is -0.859. The van der Waals surface area contributed by atoms with E-state index < -0.39 is 5.91 Å². The van der Waals surface area contributed by atoms with Crippen LogP contribution < -0.4 is 10.8 Å². The van der Waals surface area contributed by atoms with Crippen LogP contribution in [0.15, 0.2) is 66.7 Å². The van der Waals surface area contributed by atoms with E-state index in [1.165, 1.54) is 11.6 Å². The molecule has 2 aromatic carbocycles. The van der Waals surface area contributed by atoms with Crippen LogP contribution in [-0.4, -0.2) is 22.0 Å². The van der Waals surface area contributed by atoms with E-state index in [-0.39, 0.29) is 5.91 Å². The number of nitrogens with one attached hydrogen (secondary N) is 2. The molecule has 0 unspecified atom stereocenters. The van der Waals surface area contributed by atoms with Crippen molar-refractivity contribution in [3.8, 4) is 0 Å². The Balaban J connectivity index is 1.67. The molecule has 2 amide bonds. The Labute approximate surface area is 150 Å². The number of hydroxylamine groups is 1. The second-order valence-electron chi connectivity index (χ2n) is 5.63. The van der Waals surface area contributed by atoms with E-state index in [2.05, 4.69) is 10.3 Å². The topological polar surface area (TPSA) is 91.3 Å². The lowest BCUT2D eigenvalue weighted by atomic mass is 10.1. The zero-order chi connectivity index (χ0) is 18.4. The number of para-hydroxylation sites is 1. The monoisotopic (exact) mass is 347 g/mol. The Morgan fingerprint density at radius 1 is 1.04 bits per heavy atom. The van der Waals surface area contributed by atoms with Gasteiger partial charge in [-0.1, -0.05) is 42.5 Å². The summed E-state index contributed by atoms with van der Waals surface area (Å²) in [6.45, 7) is 0.335. The van der Waals surface area contributed by atoms with Crippen LogP contribution in [0, 0.1) is 0 Å². The molecule has 0 bridgehead atoms. The summed E-state index contributed by atoms with van der Waals surface area (Å²) in [6.07, 6.45) is 2.79. The Kier molecular flexibility index (Phi) is 5.36. The molecule has 3 rings (SSSR count). The number of nitrogens with zero attached hydrogens (tertiary/aromatic N) is 1. The first kappa shape index (κ1) is 17.3. The van der Waals surface area contributed by atoms with Crippen LogP contribution in [0.1, 0.15) is 21.6 Å². The Morgan fingerprint density at radius 3 is 2.73 bits per heavy atom. The molecule has 0 aliphatic heterocycles. The fraction of sp³-hybridized carbons (Fsp3) is 0.0500. The SMILES string of the molecule is O=C(C=Cc1cccc(CNC(=O)c2ccc3ccccc3n2)c1)NO. The highest BCUT2D eigenvalue weighted by Crippen LogP contribution is 2.12. The molecule has 0 fully saturated rings. The van der Waals surface area contributed by atoms with Crippen molar-refractivity contribution in [3.05, 3.63) is 83.6 Å². The summed E-state index contributed by atoms with van der Waals surface area (Å²) in [4.78, 5) is 27.7. The van der Waals surface area contributed by atoms with Crippen LogP contribution in [0.25, 0.3) is 17.0 Å². The molecule has 130 valence electrons. The molecule has 0 radical (unpaired) electrons. The number of carbonyl (C=O) groups is 2. The molecule has 0 saturated heterocycles. The van der Waals surface area contributed by atoms with Crippen LogP contribution in [0.4, 0.5) is 0 Å². The van der Waals surface area contributed by atoms with Gasteiger partial charge in [0.1, 0.15) is 5.69 Å². The van der Waals surface area contributed by atoms with E-state index in [4.69, 9.17) is 5.21 Å². The Morgan fingerprint density at radius 2 is 1.88 bits per heavy atom. The van der Waals surface area contributed by atoms with Gasteiger partial charge in [0.2, 0.25) is 0 Å². The average molecular weight is 347 g/mol. The number of aromatic nitrogens is 1. The minimum Gasteiger partial charge on any atom is -0.347 e. The fourth-order valence-corrected chi connectivity index (χ4v) is 2.48. The highest BCUT2D eigenvalue weighted by molar-refractivity contribution is 5.94. The van der Waals surface area contributed by atoms with E-state index in [1.807, 2.05) is 54.6 Å². The second kappa shape index (κ2) is 8.04. The Bertz CT molecular complexity index is 983. The van der Waals surface area contributed by atoms with Gasteiger partial charge in [0.25, 0.3) is 11.8 Å². The lowest BCUT2D eigenvalue weighted by molar-refractivity contribution is -0.124. The van der Waals surface area contributed by atoms with Crippen molar-refractivity contribution in [2.24, 2.45) is 0 Å². The van der Waals surface area contributed by atoms with Crippen LogP contribution in [-0.2, 0) is 11.3 Å². The van der Waals surface area contributed by atoms with Gasteiger partial charge in [-0.3, -0.25) is 14.8 Å². The molecule has 0 atom stereocenters. The molecule has 0 saturated carbocycles. The third-order valence-electron chi connectivity index (χ3n) is 3.77. The maximum absolute atomic E-state index is 12.3. The van der Waals surface area contributed by atoms with Gasteiger partial charge in [0, 0.05) is 18.0 Å². The van der Waals surface area contributed by atoms with Gasteiger partial charge in [-0.25, -0.2) is 10.5 Å². The summed E-state index contributed by atoms with van der Waals surface area (Å²) in [5.41, 5.74) is 4.33. The maximum atomic E-state index is 12.3. The van der Waals surface area contributed by atoms with E-state index in [0.717, 1.165) is 22.0 Å². The Hall–Kier alpha value is -3.51. The standard InChI is InChI=1S/C20H17N3O3/c24-19(23-26)11-8-14-4-3-5-15(12-14)13-21-20(25)18-10-9-16-6-1-2-7-17(16)22-18/h1-12,26H,13H2,(H,21,25)(H,23,24). The summed E-state index contributed by atoms with van der Waals surface area (Å²) >= 11 is 0. The van der Waals surface area contributed by atoms with Gasteiger partial charge in [0.15, 0.2) is 0 Å². The molecule has 0 spiro atoms. The summed E-state index contributed by atoms with van der Waals surface area (Å²) in [6, 6.07) is 18.5. The number of carbonyl (C=O) groups excluding carboxylic acids is 2. The first-order valence-electron chi connectivity index (χ1n) is 8.01. The van der Waals surface area contributed by atoms with Crippen molar-refractivity contribution in [3.63, 3.8) is 0 Å². The summed E-state index contributed by atoms with van der Waals surface area (Å²) in [7, 11) is 0. The number of amides is 2. The number of fused-ring (bicyclic) bond motifs is 1. The molecule has 0 aliphatic rings. The number of pyridine rings is 1. The molecule has 0 aliphatic carbocycles. The molecular formula is C20H17N3O3. The fourth-order valence-electron chi connectivity index (χ4n) is 2.48. The van der Waals surface area contributed by atoms with Crippen molar-refractivity contribution < 1.29 is 14.8 Å². The number of hydrogen-bond donors (Lipinski definition) is 3. The molecule has 3 N–H and O–H groups in total. The molecule has 6 nitrogen and oxygen atoms in total. The zero-order valence-electron chi connectivity index (χ0n) is 13.8. The normalized spacial score (nSPS) is 10.8. The minimum atomic E-state index is -0.605. The van der Waals surface area contributed by atoms with Gasteiger partial charge in [-0.2, -0.15) is 0 Å². The van der Waals surface area contributed by atoms with Crippen molar-refractivity contribution in [1.82, 2.24) is 15.8 Å². The lowest BCUT2D eigenvalue weighted by Crippen LogP contribution is -2.23. The van der Waals surface area contributed by atoms with Gasteiger partial charge < -0.3 is 5.32 Å². The van der Waals surface area contributed by atoms with E-state index in [1.54, 1.807) is 12.1 Å². The van der Waals surface area contributed by atoms with Crippen molar-refractivity contribution in [1.29, 1.82) is 0 Å². The van der Waals surface area contributed by atoms with E-state index in [0.29, 0.717) is 12.2 Å². The van der Waals surface area contributed by atoms with Crippen LogP contribution in [0.5, 0.6) is 0 Å². The molecule has 26 heavy (non-hydrogen) atoms. The van der Waals surface area contributed by atoms with Crippen LogP contribution >= 0.6 is 0 Å². The van der Waals surface area contributed by atoms with Gasteiger partial charge >= 0.3 is 0 Å². The zero-order valence-corrected chi connectivity index (χ0v) is 13.8. The number of hydrogen-bond acceptors (Lipinski definition) is 4. The summed E-state index contributed by atoms with van der Waals surface area (Å²) < 4.78 is 0. The van der Waals surface area contributed by atoms with Gasteiger partial charge in [-0.15, -0.1) is 0 Å². The van der Waals surface area contributed by atoms with Gasteiger partial charge in [0.05, 0.1) is 5.52 Å². The molecule has 1 heterocycles. The first-order valence-corrected chi connectivity index (χ1v) is 8.01. The van der Waals surface area contributed by atoms with Crippen molar-refractivity contribution in [2.75, 3.05) is 0 Å². The predicted octanol–water partition coefficient (Wildman–Crippen LogP) is 2.68. The summed E-state index contributed by atoms with van der Waals surface area (Å²) in [5, 5.41) is 12.3. The van der Waals surface area contributed by atoms with Crippen molar-refractivity contribution >= 4 is 28.8 Å². The maximum Gasteiger partial charge on any atom is 0.270 e. The van der Waals surface area contributed by atoms with Crippen molar-refractivity contribution in [2.45, 2.75) is 6.54 Å². The van der Waals surface area contributed by atoms with E-state index >= 15 is 0 Å². The quantitative estimate of drug-likeness (QED) is 0.376. The predicted molar refractivity (Wildman–Crippen MR) is 98.3 cm³/mol. The molecular weight excluding hydrogens is 330 g/mol. The lowest BCUT2D eigenvalue weighted by Gasteiger charge is -2.07. The smallest absolute Gasteiger partial charge is 0.270 e. The number of benzene rings is 2. The highest BCUT2D eigenvalue weighted by atomic mass is 16.5. The largest absolute Gasteiger partial charge is 0.347 e. The molecule has 6 heteroatoms. The first-order chi connectivity index (χ1) is 12.7. The third kappa shape index (κ3) is 4.31. The average Bonchev–Trinajstić information content (AvgIpc) is 2.70. The van der Waals surface area contributed by atoms with Gasteiger partial charge in [-0.05, 0) is 35.4 Å². The highest BCUT2D eigenvalue weighted by Gasteiger charge is 2.08. The minimum absolute atomic E-state index is 0.253. The van der Waals surface area contributed by atoms with Crippen LogP contribution in [0.2, 0.25) is 0 Å². The van der Waals surface area contributed by atoms with Crippen LogP contribution in [0.3, 0.4) is 0 Å². The third-order valence-corrected chi connectivity index (χ3v) is 3.77. The molecule has 3 aromatic rings. The molecule has 1 aromatic heterocycles. The second-order valence-corrected chi connectivity index (χ2v) is 5.63. The van der Waals surface area contributed by atoms with E-state index in [9.17, 15) is 9.59 Å². The number of rotatable bonds is 5.